The summed E-state index contributed by atoms with van der Waals surface area (Å²) in [7, 11) is 0. The van der Waals surface area contributed by atoms with Crippen LogP contribution in [-0.4, -0.2) is 17.5 Å². The lowest BCUT2D eigenvalue weighted by molar-refractivity contribution is -0.117. The third-order valence-electron chi connectivity index (χ3n) is 0.748. The molecule has 0 aliphatic carbocycles. The number of aliphatic hydroxyl groups excluding tert-OH is 1. The molecule has 66 valence electrons. The van der Waals surface area contributed by atoms with Crippen molar-refractivity contribution >= 4 is 0 Å². The summed E-state index contributed by atoms with van der Waals surface area (Å²) in [6.07, 6.45) is -4.39. The van der Waals surface area contributed by atoms with E-state index in [0.717, 1.165) is 0 Å². The summed E-state index contributed by atoms with van der Waals surface area (Å²) in [5, 5.41) is 7.43. The molecule has 0 amide bonds. The molecule has 1 nitrogen and oxygen atoms in total. The molecular weight excluding hydrogens is 178 g/mol. The summed E-state index contributed by atoms with van der Waals surface area (Å²) in [4.78, 5) is 0. The lowest BCUT2D eigenvalue weighted by atomic mass is 10.3. The molecule has 0 bridgehead atoms. The Morgan fingerprint density at radius 1 is 1.18 bits per heavy atom. The summed E-state index contributed by atoms with van der Waals surface area (Å²) in [6, 6.07) is -2.93. The van der Waals surface area contributed by atoms with Crippen molar-refractivity contribution in [2.24, 2.45) is 0 Å². The second-order valence-electron chi connectivity index (χ2n) is 1.53. The van der Waals surface area contributed by atoms with Crippen molar-refractivity contribution in [3.05, 3.63) is 11.8 Å². The Kier molecular flexibility index (Phi) is 2.77. The lowest BCUT2D eigenvalue weighted by Crippen LogP contribution is -2.27. The van der Waals surface area contributed by atoms with E-state index in [0.29, 0.717) is 0 Å². The first-order valence-electron chi connectivity index (χ1n) is 2.20. The Morgan fingerprint density at radius 3 is 1.64 bits per heavy atom. The van der Waals surface area contributed by atoms with Crippen molar-refractivity contribution in [2.45, 2.75) is 12.3 Å². The standard InChI is InChI=1S/C4H2F6O/c5-1(2(6)11)4(9,10)3(7)8/h3,11H. The molecule has 0 radical (unpaired) electrons. The molecule has 0 aliphatic heterocycles. The SMILES string of the molecule is OC(F)=C(F)C(F)(F)C(F)F. The fourth-order valence-corrected chi connectivity index (χ4v) is 0.233. The first-order valence-corrected chi connectivity index (χ1v) is 2.20. The van der Waals surface area contributed by atoms with Crippen molar-refractivity contribution in [2.75, 3.05) is 0 Å². The van der Waals surface area contributed by atoms with Gasteiger partial charge in [0, 0.05) is 0 Å². The highest BCUT2D eigenvalue weighted by Crippen LogP contribution is 2.33. The van der Waals surface area contributed by atoms with E-state index >= 15 is 0 Å². The van der Waals surface area contributed by atoms with Gasteiger partial charge in [-0.15, -0.1) is 0 Å². The van der Waals surface area contributed by atoms with Gasteiger partial charge >= 0.3 is 18.4 Å². The summed E-state index contributed by atoms with van der Waals surface area (Å²) in [5.41, 5.74) is 0. The minimum absolute atomic E-state index is 2.93. The normalized spacial score (nSPS) is 15.2. The maximum absolute atomic E-state index is 11.6. The van der Waals surface area contributed by atoms with Crippen molar-refractivity contribution in [3.63, 3.8) is 0 Å². The quantitative estimate of drug-likeness (QED) is 0.511. The number of aliphatic hydroxyl groups is 1. The van der Waals surface area contributed by atoms with Crippen molar-refractivity contribution in [3.8, 4) is 0 Å². The van der Waals surface area contributed by atoms with Gasteiger partial charge in [0.25, 0.3) is 0 Å². The lowest BCUT2D eigenvalue weighted by Gasteiger charge is -2.11. The predicted octanol–water partition coefficient (Wildman–Crippen LogP) is 2.55. The van der Waals surface area contributed by atoms with E-state index in [9.17, 15) is 26.3 Å². The molecule has 0 atom stereocenters. The average Bonchev–Trinajstić information content (AvgIpc) is 1.85. The van der Waals surface area contributed by atoms with Gasteiger partial charge in [0.05, 0.1) is 0 Å². The molecule has 0 saturated heterocycles. The minimum Gasteiger partial charge on any atom is -0.484 e. The first kappa shape index (κ1) is 10.1. The van der Waals surface area contributed by atoms with Gasteiger partial charge in [0.15, 0.2) is 0 Å². The Labute approximate surface area is 56.9 Å². The van der Waals surface area contributed by atoms with Crippen LogP contribution < -0.4 is 0 Å². The van der Waals surface area contributed by atoms with Gasteiger partial charge in [0.2, 0.25) is 5.83 Å². The summed E-state index contributed by atoms with van der Waals surface area (Å²) < 4.78 is 68.2. The minimum atomic E-state index is -5.27. The molecule has 0 aromatic carbocycles. The van der Waals surface area contributed by atoms with Gasteiger partial charge in [-0.3, -0.25) is 0 Å². The van der Waals surface area contributed by atoms with Gasteiger partial charge in [-0.05, 0) is 0 Å². The number of hydrogen-bond acceptors (Lipinski definition) is 1. The molecule has 1 N–H and O–H groups in total. The van der Waals surface area contributed by atoms with E-state index in [-0.39, 0.29) is 0 Å². The van der Waals surface area contributed by atoms with E-state index in [1.807, 2.05) is 0 Å². The van der Waals surface area contributed by atoms with Crippen LogP contribution in [0.3, 0.4) is 0 Å². The maximum Gasteiger partial charge on any atom is 0.364 e. The monoisotopic (exact) mass is 180 g/mol. The zero-order valence-electron chi connectivity index (χ0n) is 4.79. The topological polar surface area (TPSA) is 20.2 Å². The molecular formula is C4H2F6O. The van der Waals surface area contributed by atoms with Gasteiger partial charge in [0.1, 0.15) is 0 Å². The number of alkyl halides is 4. The Morgan fingerprint density at radius 2 is 1.55 bits per heavy atom. The molecule has 0 rings (SSSR count). The van der Waals surface area contributed by atoms with Crippen molar-refractivity contribution in [1.29, 1.82) is 0 Å². The van der Waals surface area contributed by atoms with Crippen molar-refractivity contribution in [1.82, 2.24) is 0 Å². The van der Waals surface area contributed by atoms with Crippen LogP contribution in [0, 0.1) is 0 Å². The van der Waals surface area contributed by atoms with Crippen LogP contribution in [0.2, 0.25) is 0 Å². The second-order valence-corrected chi connectivity index (χ2v) is 1.53. The van der Waals surface area contributed by atoms with Gasteiger partial charge in [-0.25, -0.2) is 8.78 Å². The highest BCUT2D eigenvalue weighted by molar-refractivity contribution is 5.05. The van der Waals surface area contributed by atoms with Crippen LogP contribution >= 0.6 is 0 Å². The van der Waals surface area contributed by atoms with Crippen molar-refractivity contribution < 1.29 is 31.4 Å². The zero-order valence-corrected chi connectivity index (χ0v) is 4.79. The molecule has 0 fully saturated rings. The van der Waals surface area contributed by atoms with E-state index in [2.05, 4.69) is 0 Å². The Hall–Kier alpha value is -0.880. The molecule has 7 heteroatoms. The fourth-order valence-electron chi connectivity index (χ4n) is 0.233. The molecule has 0 heterocycles. The highest BCUT2D eigenvalue weighted by Gasteiger charge is 2.48. The van der Waals surface area contributed by atoms with Gasteiger partial charge in [-0.1, -0.05) is 0 Å². The number of hydrogen-bond donors (Lipinski definition) is 1. The highest BCUT2D eigenvalue weighted by atomic mass is 19.3. The number of rotatable bonds is 2. The molecule has 0 unspecified atom stereocenters. The van der Waals surface area contributed by atoms with Crippen LogP contribution in [0.4, 0.5) is 26.3 Å². The molecule has 0 spiro atoms. The number of halogens is 6. The molecule has 0 aromatic rings. The fraction of sp³-hybridized carbons (Fsp3) is 0.500. The molecule has 0 aromatic heterocycles. The smallest absolute Gasteiger partial charge is 0.364 e. The van der Waals surface area contributed by atoms with Crippen LogP contribution in [-0.2, 0) is 0 Å². The van der Waals surface area contributed by atoms with Crippen LogP contribution in [0.15, 0.2) is 11.8 Å². The predicted molar refractivity (Wildman–Crippen MR) is 22.8 cm³/mol. The average molecular weight is 180 g/mol. The van der Waals surface area contributed by atoms with E-state index in [1.54, 1.807) is 0 Å². The summed E-state index contributed by atoms with van der Waals surface area (Å²) in [5.74, 6) is -8.42. The maximum atomic E-state index is 11.6. The summed E-state index contributed by atoms with van der Waals surface area (Å²) in [6.45, 7) is 0. The number of allylic oxidation sites excluding steroid dienone is 1. The molecule has 0 aliphatic rings. The largest absolute Gasteiger partial charge is 0.484 e. The zero-order chi connectivity index (χ0) is 9.23. The van der Waals surface area contributed by atoms with Gasteiger partial charge < -0.3 is 5.11 Å². The van der Waals surface area contributed by atoms with E-state index in [4.69, 9.17) is 5.11 Å². The van der Waals surface area contributed by atoms with Crippen LogP contribution in [0.25, 0.3) is 0 Å². The van der Waals surface area contributed by atoms with E-state index < -0.39 is 24.2 Å². The third-order valence-corrected chi connectivity index (χ3v) is 0.748. The van der Waals surface area contributed by atoms with Crippen LogP contribution in [0.1, 0.15) is 0 Å². The Bertz CT molecular complexity index is 169. The second kappa shape index (κ2) is 3.02. The Balaban J connectivity index is 4.70. The van der Waals surface area contributed by atoms with E-state index in [1.165, 1.54) is 0 Å². The molecule has 0 saturated carbocycles. The molecule has 11 heavy (non-hydrogen) atoms. The third kappa shape index (κ3) is 2.02. The van der Waals surface area contributed by atoms with Gasteiger partial charge in [-0.2, -0.15) is 17.6 Å². The van der Waals surface area contributed by atoms with Crippen LogP contribution in [0.5, 0.6) is 0 Å². The summed E-state index contributed by atoms with van der Waals surface area (Å²) >= 11 is 0. The first-order chi connectivity index (χ1) is 4.80.